The second-order valence-electron chi connectivity index (χ2n) is 6.44. The van der Waals surface area contributed by atoms with Gasteiger partial charge in [0.05, 0.1) is 17.4 Å². The summed E-state index contributed by atoms with van der Waals surface area (Å²) in [5, 5.41) is 6.79. The van der Waals surface area contributed by atoms with Gasteiger partial charge in [-0.1, -0.05) is 17.7 Å². The molecule has 1 heterocycles. The highest BCUT2D eigenvalue weighted by Gasteiger charge is 2.09. The van der Waals surface area contributed by atoms with Crippen LogP contribution in [-0.4, -0.2) is 25.0 Å². The number of pyridine rings is 1. The van der Waals surface area contributed by atoms with Crippen LogP contribution in [0.2, 0.25) is 5.02 Å². The van der Waals surface area contributed by atoms with Crippen molar-refractivity contribution in [1.82, 2.24) is 4.98 Å². The molecule has 3 rings (SSSR count). The molecular weight excluding hydrogens is 360 g/mol. The predicted octanol–water partition coefficient (Wildman–Crippen LogP) is 5.11. The second-order valence-corrected chi connectivity index (χ2v) is 6.88. The number of benzene rings is 2. The summed E-state index contributed by atoms with van der Waals surface area (Å²) in [6, 6.07) is 15.0. The van der Waals surface area contributed by atoms with Gasteiger partial charge in [-0.25, -0.2) is 0 Å². The van der Waals surface area contributed by atoms with Gasteiger partial charge in [-0.15, -0.1) is 0 Å². The number of rotatable bonds is 5. The molecule has 0 fully saturated rings. The van der Waals surface area contributed by atoms with Crippen LogP contribution >= 0.6 is 11.6 Å². The van der Waals surface area contributed by atoms with E-state index in [2.05, 4.69) is 15.6 Å². The molecule has 5 nitrogen and oxygen atoms in total. The highest BCUT2D eigenvalue weighted by atomic mass is 35.5. The maximum atomic E-state index is 12.5. The Balaban J connectivity index is 1.74. The van der Waals surface area contributed by atoms with Crippen molar-refractivity contribution >= 4 is 40.3 Å². The summed E-state index contributed by atoms with van der Waals surface area (Å²) in [6.07, 6.45) is 3.21. The monoisotopic (exact) mass is 380 g/mol. The lowest BCUT2D eigenvalue weighted by molar-refractivity contribution is 0.102. The van der Waals surface area contributed by atoms with Crippen LogP contribution in [0.3, 0.4) is 0 Å². The Hall–Kier alpha value is -3.05. The molecule has 138 valence electrons. The van der Waals surface area contributed by atoms with E-state index in [0.717, 1.165) is 28.3 Å². The molecule has 0 aliphatic heterocycles. The second kappa shape index (κ2) is 8.10. The van der Waals surface area contributed by atoms with Gasteiger partial charge in [0, 0.05) is 42.4 Å². The van der Waals surface area contributed by atoms with E-state index < -0.39 is 0 Å². The molecule has 0 unspecified atom stereocenters. The van der Waals surface area contributed by atoms with Crippen LogP contribution in [0, 0.1) is 6.92 Å². The Kier molecular flexibility index (Phi) is 5.62. The Morgan fingerprint density at radius 3 is 2.44 bits per heavy atom. The number of aryl methyl sites for hydroxylation is 1. The van der Waals surface area contributed by atoms with Gasteiger partial charge in [0.15, 0.2) is 0 Å². The van der Waals surface area contributed by atoms with Crippen LogP contribution < -0.4 is 15.5 Å². The topological polar surface area (TPSA) is 57.3 Å². The first kappa shape index (κ1) is 18.7. The average Bonchev–Trinajstić information content (AvgIpc) is 2.65. The number of nitrogens with zero attached hydrogens (tertiary/aromatic N) is 2. The summed E-state index contributed by atoms with van der Waals surface area (Å²) < 4.78 is 0. The van der Waals surface area contributed by atoms with Crippen molar-refractivity contribution < 1.29 is 4.79 Å². The van der Waals surface area contributed by atoms with Crippen LogP contribution in [0.5, 0.6) is 0 Å². The molecule has 0 atom stereocenters. The number of anilines is 4. The fourth-order valence-corrected chi connectivity index (χ4v) is 2.74. The molecule has 2 N–H and O–H groups in total. The first-order chi connectivity index (χ1) is 12.9. The van der Waals surface area contributed by atoms with Crippen molar-refractivity contribution in [3.05, 3.63) is 77.1 Å². The number of halogens is 1. The highest BCUT2D eigenvalue weighted by molar-refractivity contribution is 6.30. The number of hydrogen-bond donors (Lipinski definition) is 2. The SMILES string of the molecule is Cc1ccc(Cl)cc1Nc1cncc(C(=O)Nc2ccc(N(C)C)cc2)c1. The van der Waals surface area contributed by atoms with Gasteiger partial charge in [0.25, 0.3) is 5.91 Å². The van der Waals surface area contributed by atoms with E-state index in [9.17, 15) is 4.79 Å². The third kappa shape index (κ3) is 4.77. The summed E-state index contributed by atoms with van der Waals surface area (Å²) in [5.74, 6) is -0.216. The summed E-state index contributed by atoms with van der Waals surface area (Å²) >= 11 is 6.06. The lowest BCUT2D eigenvalue weighted by Crippen LogP contribution is -2.13. The quantitative estimate of drug-likeness (QED) is 0.646. The molecule has 3 aromatic rings. The minimum Gasteiger partial charge on any atom is -0.378 e. The normalized spacial score (nSPS) is 10.4. The minimum absolute atomic E-state index is 0.216. The number of aromatic nitrogens is 1. The van der Waals surface area contributed by atoms with Gasteiger partial charge >= 0.3 is 0 Å². The fraction of sp³-hybridized carbons (Fsp3) is 0.143. The number of nitrogens with one attached hydrogen (secondary N) is 2. The van der Waals surface area contributed by atoms with Crippen LogP contribution in [0.1, 0.15) is 15.9 Å². The van der Waals surface area contributed by atoms with E-state index in [1.54, 1.807) is 18.5 Å². The van der Waals surface area contributed by atoms with E-state index >= 15 is 0 Å². The van der Waals surface area contributed by atoms with Crippen LogP contribution in [0.25, 0.3) is 0 Å². The van der Waals surface area contributed by atoms with Gasteiger partial charge in [-0.05, 0) is 55.0 Å². The molecule has 6 heteroatoms. The van der Waals surface area contributed by atoms with Crippen molar-refractivity contribution in [2.24, 2.45) is 0 Å². The van der Waals surface area contributed by atoms with Crippen molar-refractivity contribution in [3.63, 3.8) is 0 Å². The zero-order valence-electron chi connectivity index (χ0n) is 15.5. The minimum atomic E-state index is -0.216. The molecule has 1 amide bonds. The van der Waals surface area contributed by atoms with Crippen molar-refractivity contribution in [3.8, 4) is 0 Å². The third-order valence-electron chi connectivity index (χ3n) is 4.12. The maximum absolute atomic E-state index is 12.5. The molecule has 0 spiro atoms. The molecule has 27 heavy (non-hydrogen) atoms. The molecule has 1 aromatic heterocycles. The number of carbonyl (C=O) groups is 1. The number of carbonyl (C=O) groups excluding carboxylic acids is 1. The van der Waals surface area contributed by atoms with E-state index in [0.29, 0.717) is 10.6 Å². The lowest BCUT2D eigenvalue weighted by Gasteiger charge is -2.13. The van der Waals surface area contributed by atoms with E-state index in [-0.39, 0.29) is 5.91 Å². The molecule has 2 aromatic carbocycles. The van der Waals surface area contributed by atoms with Crippen LogP contribution in [0.15, 0.2) is 60.9 Å². The standard InChI is InChI=1S/C21H21ClN4O/c1-14-4-5-16(22)11-20(14)24-18-10-15(12-23-13-18)21(27)25-17-6-8-19(9-7-17)26(2)3/h4-13,24H,1-3H3,(H,25,27). The molecular formula is C21H21ClN4O. The Morgan fingerprint density at radius 1 is 1.00 bits per heavy atom. The predicted molar refractivity (Wildman–Crippen MR) is 112 cm³/mol. The van der Waals surface area contributed by atoms with Crippen LogP contribution in [0.4, 0.5) is 22.7 Å². The zero-order chi connectivity index (χ0) is 19.4. The first-order valence-electron chi connectivity index (χ1n) is 8.49. The zero-order valence-corrected chi connectivity index (χ0v) is 16.2. The van der Waals surface area contributed by atoms with Crippen LogP contribution in [-0.2, 0) is 0 Å². The lowest BCUT2D eigenvalue weighted by atomic mass is 10.2. The van der Waals surface area contributed by atoms with E-state index in [1.165, 1.54) is 0 Å². The maximum Gasteiger partial charge on any atom is 0.257 e. The molecule has 0 saturated heterocycles. The first-order valence-corrected chi connectivity index (χ1v) is 8.87. The van der Waals surface area contributed by atoms with Gasteiger partial charge in [0.1, 0.15) is 0 Å². The van der Waals surface area contributed by atoms with E-state index in [4.69, 9.17) is 11.6 Å². The van der Waals surface area contributed by atoms with Gasteiger partial charge < -0.3 is 15.5 Å². The summed E-state index contributed by atoms with van der Waals surface area (Å²) in [4.78, 5) is 18.7. The average molecular weight is 381 g/mol. The smallest absolute Gasteiger partial charge is 0.257 e. The number of hydrogen-bond acceptors (Lipinski definition) is 4. The third-order valence-corrected chi connectivity index (χ3v) is 4.36. The molecule has 0 bridgehead atoms. The molecule has 0 aliphatic carbocycles. The van der Waals surface area contributed by atoms with Gasteiger partial charge in [0.2, 0.25) is 0 Å². The fourth-order valence-electron chi connectivity index (χ4n) is 2.56. The molecule has 0 saturated carbocycles. The number of amides is 1. The van der Waals surface area contributed by atoms with Gasteiger partial charge in [-0.3, -0.25) is 9.78 Å². The van der Waals surface area contributed by atoms with Crippen molar-refractivity contribution in [1.29, 1.82) is 0 Å². The Labute approximate surface area is 164 Å². The van der Waals surface area contributed by atoms with E-state index in [1.807, 2.05) is 68.4 Å². The summed E-state index contributed by atoms with van der Waals surface area (Å²) in [5.41, 5.74) is 4.91. The highest BCUT2D eigenvalue weighted by Crippen LogP contribution is 2.24. The summed E-state index contributed by atoms with van der Waals surface area (Å²) in [7, 11) is 3.94. The van der Waals surface area contributed by atoms with Gasteiger partial charge in [-0.2, -0.15) is 0 Å². The summed E-state index contributed by atoms with van der Waals surface area (Å²) in [6.45, 7) is 1.99. The largest absolute Gasteiger partial charge is 0.378 e. The Bertz CT molecular complexity index is 955. The molecule has 0 aliphatic rings. The van der Waals surface area contributed by atoms with Crippen molar-refractivity contribution in [2.75, 3.05) is 29.6 Å². The Morgan fingerprint density at radius 2 is 1.74 bits per heavy atom. The van der Waals surface area contributed by atoms with Crippen molar-refractivity contribution in [2.45, 2.75) is 6.92 Å². The molecule has 0 radical (unpaired) electrons.